The van der Waals surface area contributed by atoms with E-state index in [0.29, 0.717) is 15.9 Å². The molecule has 3 rings (SSSR count). The molecule has 2 N–H and O–H groups in total. The Labute approximate surface area is 163 Å². The Kier molecular flexibility index (Phi) is 5.68. The van der Waals surface area contributed by atoms with Gasteiger partial charge in [0.05, 0.1) is 25.4 Å². The van der Waals surface area contributed by atoms with Crippen LogP contribution in [0.2, 0.25) is 5.02 Å². The van der Waals surface area contributed by atoms with E-state index >= 15 is 0 Å². The number of sulfonamides is 1. The summed E-state index contributed by atoms with van der Waals surface area (Å²) in [6.07, 6.45) is -0.440. The maximum absolute atomic E-state index is 12.3. The van der Waals surface area contributed by atoms with E-state index in [1.165, 1.54) is 42.3 Å². The first-order valence-electron chi connectivity index (χ1n) is 7.86. The molecule has 0 bridgehead atoms. The summed E-state index contributed by atoms with van der Waals surface area (Å²) in [5, 5.41) is 6.00. The third-order valence-electron chi connectivity index (χ3n) is 3.75. The zero-order valence-electron chi connectivity index (χ0n) is 14.5. The summed E-state index contributed by atoms with van der Waals surface area (Å²) in [7, 11) is -2.69. The number of fused-ring (bicyclic) bond motifs is 1. The van der Waals surface area contributed by atoms with Gasteiger partial charge in [-0.05, 0) is 18.2 Å². The van der Waals surface area contributed by atoms with E-state index in [2.05, 4.69) is 9.97 Å². The van der Waals surface area contributed by atoms with Gasteiger partial charge in [0.2, 0.25) is 22.4 Å². The number of methoxy groups -OCH3 is 1. The van der Waals surface area contributed by atoms with Gasteiger partial charge < -0.3 is 9.47 Å². The lowest BCUT2D eigenvalue weighted by Crippen LogP contribution is -2.11. The number of rotatable bonds is 7. The monoisotopic (exact) mass is 432 g/mol. The van der Waals surface area contributed by atoms with Crippen molar-refractivity contribution in [3.8, 4) is 17.6 Å². The molecule has 1 aromatic carbocycles. The minimum absolute atomic E-state index is 0.000278. The highest BCUT2D eigenvalue weighted by Gasteiger charge is 2.20. The molecule has 12 heteroatoms. The predicted molar refractivity (Wildman–Crippen MR) is 97.9 cm³/mol. The van der Waals surface area contributed by atoms with Crippen LogP contribution < -0.4 is 14.6 Å². The number of nitrogens with two attached hydrogens (primary N) is 1. The van der Waals surface area contributed by atoms with Crippen molar-refractivity contribution in [3.63, 3.8) is 0 Å². The minimum atomic E-state index is -4.02. The van der Waals surface area contributed by atoms with E-state index in [1.807, 2.05) is 0 Å². The molecule has 8 nitrogen and oxygen atoms in total. The summed E-state index contributed by atoms with van der Waals surface area (Å²) in [6.45, 7) is -0.242. The Bertz CT molecular complexity index is 1120. The van der Waals surface area contributed by atoms with Gasteiger partial charge >= 0.3 is 0 Å². The Morgan fingerprint density at radius 1 is 1.36 bits per heavy atom. The van der Waals surface area contributed by atoms with Crippen LogP contribution in [0.5, 0.6) is 11.6 Å². The summed E-state index contributed by atoms with van der Waals surface area (Å²) < 4.78 is 60.1. The zero-order valence-corrected chi connectivity index (χ0v) is 16.0. The summed E-state index contributed by atoms with van der Waals surface area (Å²) in [5.41, 5.74) is 0.407. The molecule has 2 heterocycles. The minimum Gasteiger partial charge on any atom is -0.487 e. The Morgan fingerprint density at radius 2 is 2.11 bits per heavy atom. The lowest BCUT2D eigenvalue weighted by molar-refractivity contribution is 0.113. The van der Waals surface area contributed by atoms with E-state index in [4.69, 9.17) is 26.2 Å². The summed E-state index contributed by atoms with van der Waals surface area (Å²) >= 11 is 6.03. The van der Waals surface area contributed by atoms with Gasteiger partial charge in [-0.1, -0.05) is 11.6 Å². The number of hydrogen-bond acceptors (Lipinski definition) is 6. The number of benzene rings is 1. The van der Waals surface area contributed by atoms with Crippen LogP contribution in [0, 0.1) is 0 Å². The van der Waals surface area contributed by atoms with E-state index < -0.39 is 22.9 Å². The number of aromatic nitrogens is 3. The van der Waals surface area contributed by atoms with E-state index in [-0.39, 0.29) is 29.1 Å². The first kappa shape index (κ1) is 20.2. The number of alkyl halides is 2. The average Bonchev–Trinajstić information content (AvgIpc) is 3.00. The van der Waals surface area contributed by atoms with Gasteiger partial charge in [0.1, 0.15) is 4.90 Å². The fourth-order valence-electron chi connectivity index (χ4n) is 2.53. The van der Waals surface area contributed by atoms with Crippen molar-refractivity contribution in [3.05, 3.63) is 35.6 Å². The molecule has 28 heavy (non-hydrogen) atoms. The second kappa shape index (κ2) is 7.86. The molecular weight excluding hydrogens is 418 g/mol. The van der Waals surface area contributed by atoms with Crippen LogP contribution in [-0.4, -0.2) is 43.1 Å². The number of nitrogens with zero attached hydrogens (tertiary/aromatic N) is 3. The molecule has 3 aromatic rings. The van der Waals surface area contributed by atoms with Crippen LogP contribution in [0.15, 0.2) is 35.5 Å². The van der Waals surface area contributed by atoms with E-state index in [1.54, 1.807) is 0 Å². The second-order valence-electron chi connectivity index (χ2n) is 5.64. The zero-order chi connectivity index (χ0) is 20.5. The summed E-state index contributed by atoms with van der Waals surface area (Å²) in [4.78, 5) is 8.16. The van der Waals surface area contributed by atoms with Gasteiger partial charge in [-0.3, -0.25) is 4.57 Å². The molecule has 0 aliphatic rings. The number of hydrogen-bond donors (Lipinski definition) is 1. The highest BCUT2D eigenvalue weighted by molar-refractivity contribution is 7.89. The Hall–Kier alpha value is -2.50. The van der Waals surface area contributed by atoms with Crippen LogP contribution >= 0.6 is 11.6 Å². The van der Waals surface area contributed by atoms with Crippen molar-refractivity contribution in [2.24, 2.45) is 5.14 Å². The molecule has 0 radical (unpaired) electrons. The molecule has 0 amide bonds. The molecule has 0 fully saturated rings. The van der Waals surface area contributed by atoms with Crippen molar-refractivity contribution < 1.29 is 26.7 Å². The Balaban J connectivity index is 2.08. The van der Waals surface area contributed by atoms with Crippen molar-refractivity contribution in [2.75, 3.05) is 13.7 Å². The topological polar surface area (TPSA) is 109 Å². The normalized spacial score (nSPS) is 11.9. The van der Waals surface area contributed by atoms with Crippen LogP contribution in [0.4, 0.5) is 8.78 Å². The molecule has 0 saturated heterocycles. The number of halogens is 3. The standard InChI is InChI=1S/C16H15ClF2N4O4S/c1-26-15-12(27-5-4-14(18)19)7-21-16(22-15)23-8-13(28(20,24)25)10-3-2-9(17)6-11(10)23/h2-3,6-8,14H,4-5H2,1H3,(H2,20,24,25). The Morgan fingerprint density at radius 3 is 2.75 bits per heavy atom. The van der Waals surface area contributed by atoms with Crippen molar-refractivity contribution in [1.82, 2.24) is 14.5 Å². The van der Waals surface area contributed by atoms with Crippen molar-refractivity contribution >= 4 is 32.5 Å². The van der Waals surface area contributed by atoms with Gasteiger partial charge in [-0.25, -0.2) is 27.3 Å². The first-order chi connectivity index (χ1) is 13.2. The van der Waals surface area contributed by atoms with Crippen molar-refractivity contribution in [1.29, 1.82) is 0 Å². The number of primary sulfonamides is 1. The van der Waals surface area contributed by atoms with Gasteiger partial charge in [-0.2, -0.15) is 4.98 Å². The lowest BCUT2D eigenvalue weighted by atomic mass is 10.2. The number of ether oxygens (including phenoxy) is 2. The maximum Gasteiger partial charge on any atom is 0.261 e. The smallest absolute Gasteiger partial charge is 0.261 e. The van der Waals surface area contributed by atoms with Crippen LogP contribution in [0.25, 0.3) is 16.9 Å². The molecule has 0 spiro atoms. The molecule has 2 aromatic heterocycles. The van der Waals surface area contributed by atoms with Gasteiger partial charge in [0, 0.05) is 23.0 Å². The SMILES string of the molecule is COc1nc(-n2cc(S(N)(=O)=O)c3ccc(Cl)cc32)ncc1OCCC(F)F. The molecule has 0 aliphatic heterocycles. The van der Waals surface area contributed by atoms with Crippen LogP contribution in [-0.2, 0) is 10.0 Å². The van der Waals surface area contributed by atoms with Gasteiger partial charge in [0.25, 0.3) is 5.88 Å². The van der Waals surface area contributed by atoms with Crippen LogP contribution in [0.1, 0.15) is 6.42 Å². The van der Waals surface area contributed by atoms with E-state index in [9.17, 15) is 17.2 Å². The third kappa shape index (κ3) is 4.16. The van der Waals surface area contributed by atoms with Gasteiger partial charge in [0.15, 0.2) is 5.75 Å². The molecule has 0 aliphatic carbocycles. The average molecular weight is 433 g/mol. The molecular formula is C16H15ClF2N4O4S. The fourth-order valence-corrected chi connectivity index (χ4v) is 3.42. The first-order valence-corrected chi connectivity index (χ1v) is 9.79. The molecule has 0 atom stereocenters. The lowest BCUT2D eigenvalue weighted by Gasteiger charge is -2.11. The van der Waals surface area contributed by atoms with E-state index in [0.717, 1.165) is 0 Å². The molecule has 0 saturated carbocycles. The maximum atomic E-state index is 12.3. The van der Waals surface area contributed by atoms with Crippen LogP contribution in [0.3, 0.4) is 0 Å². The summed E-state index contributed by atoms with van der Waals surface area (Å²) in [5.74, 6) is 0.133. The highest BCUT2D eigenvalue weighted by Crippen LogP contribution is 2.31. The largest absolute Gasteiger partial charge is 0.487 e. The van der Waals surface area contributed by atoms with Gasteiger partial charge in [-0.15, -0.1) is 0 Å². The quantitative estimate of drug-likeness (QED) is 0.614. The molecule has 0 unspecified atom stereocenters. The molecule has 150 valence electrons. The highest BCUT2D eigenvalue weighted by atomic mass is 35.5. The third-order valence-corrected chi connectivity index (χ3v) is 4.92. The fraction of sp³-hybridized carbons (Fsp3) is 0.250. The van der Waals surface area contributed by atoms with Crippen molar-refractivity contribution in [2.45, 2.75) is 17.7 Å². The summed E-state index contributed by atoms with van der Waals surface area (Å²) in [6, 6.07) is 4.59. The predicted octanol–water partition coefficient (Wildman–Crippen LogP) is 2.76. The second-order valence-corrected chi connectivity index (χ2v) is 7.61.